The molecule has 0 aliphatic rings. The second-order valence-corrected chi connectivity index (χ2v) is 14.0. The van der Waals surface area contributed by atoms with Gasteiger partial charge in [0.2, 0.25) is 0 Å². The lowest BCUT2D eigenvalue weighted by molar-refractivity contribution is 0.796. The summed E-state index contributed by atoms with van der Waals surface area (Å²) < 4.78 is 0. The van der Waals surface area contributed by atoms with E-state index >= 15 is 0 Å². The molecule has 0 saturated heterocycles. The zero-order valence-corrected chi connectivity index (χ0v) is 30.0. The van der Waals surface area contributed by atoms with Gasteiger partial charge in [-0.3, -0.25) is 0 Å². The summed E-state index contributed by atoms with van der Waals surface area (Å²) in [7, 11) is 0. The van der Waals surface area contributed by atoms with E-state index in [9.17, 15) is 0 Å². The minimum absolute atomic E-state index is 1.11. The molecule has 1 heteroatoms. The Labute approximate surface area is 312 Å². The molecule has 9 rings (SSSR count). The van der Waals surface area contributed by atoms with E-state index < -0.39 is 0 Å². The van der Waals surface area contributed by atoms with Crippen molar-refractivity contribution in [1.29, 1.82) is 0 Å². The fourth-order valence-electron chi connectivity index (χ4n) is 7.82. The molecule has 0 fully saturated rings. The Morgan fingerprint density at radius 1 is 0.358 bits per heavy atom. The molecule has 0 heterocycles. The van der Waals surface area contributed by atoms with Crippen LogP contribution < -0.4 is 4.90 Å². The molecule has 0 radical (unpaired) electrons. The van der Waals surface area contributed by atoms with E-state index in [1.807, 2.05) is 0 Å². The minimum atomic E-state index is 1.11. The third-order valence-corrected chi connectivity index (χ3v) is 10.6. The molecule has 1 nitrogen and oxygen atoms in total. The molecule has 0 aromatic heterocycles. The van der Waals surface area contributed by atoms with Crippen LogP contribution in [0, 0.1) is 0 Å². The summed E-state index contributed by atoms with van der Waals surface area (Å²) in [5.41, 5.74) is 12.0. The molecule has 0 saturated carbocycles. The SMILES string of the molecule is CCCCc1ccc2cc(-c3ccc(N(c4cccc(-c5ccccc5)c4)c4cccc(-c5cc6ccccc6c6ccccc56)c4)cc3)ccc2c1. The average Bonchev–Trinajstić information content (AvgIpc) is 3.23. The highest BCUT2D eigenvalue weighted by molar-refractivity contribution is 6.14. The number of benzene rings is 9. The Morgan fingerprint density at radius 3 is 1.74 bits per heavy atom. The van der Waals surface area contributed by atoms with Gasteiger partial charge in [0, 0.05) is 17.1 Å². The number of fused-ring (bicyclic) bond motifs is 4. The van der Waals surface area contributed by atoms with Gasteiger partial charge >= 0.3 is 0 Å². The number of anilines is 3. The first-order valence-corrected chi connectivity index (χ1v) is 18.8. The molecule has 0 atom stereocenters. The molecule has 0 aliphatic heterocycles. The van der Waals surface area contributed by atoms with Gasteiger partial charge in [0.1, 0.15) is 0 Å². The van der Waals surface area contributed by atoms with Crippen molar-refractivity contribution in [2.75, 3.05) is 4.90 Å². The second-order valence-electron chi connectivity index (χ2n) is 14.0. The van der Waals surface area contributed by atoms with Crippen molar-refractivity contribution in [3.63, 3.8) is 0 Å². The summed E-state index contributed by atoms with van der Waals surface area (Å²) in [6, 6.07) is 71.2. The summed E-state index contributed by atoms with van der Waals surface area (Å²) in [5.74, 6) is 0. The van der Waals surface area contributed by atoms with E-state index in [4.69, 9.17) is 0 Å². The molecule has 0 aliphatic carbocycles. The number of nitrogens with zero attached hydrogens (tertiary/aromatic N) is 1. The molecule has 0 spiro atoms. The van der Waals surface area contributed by atoms with Gasteiger partial charge in [0.25, 0.3) is 0 Å². The Kier molecular flexibility index (Phi) is 8.75. The smallest absolute Gasteiger partial charge is 0.0467 e. The Balaban J connectivity index is 1.14. The maximum absolute atomic E-state index is 2.39. The lowest BCUT2D eigenvalue weighted by Crippen LogP contribution is -2.10. The lowest BCUT2D eigenvalue weighted by Gasteiger charge is -2.27. The predicted molar refractivity (Wildman–Crippen MR) is 229 cm³/mol. The maximum Gasteiger partial charge on any atom is 0.0467 e. The van der Waals surface area contributed by atoms with E-state index in [2.05, 4.69) is 206 Å². The van der Waals surface area contributed by atoms with E-state index in [0.717, 1.165) is 23.5 Å². The van der Waals surface area contributed by atoms with Crippen molar-refractivity contribution in [1.82, 2.24) is 0 Å². The molecule has 9 aromatic carbocycles. The minimum Gasteiger partial charge on any atom is -0.310 e. The topological polar surface area (TPSA) is 3.24 Å². The third-order valence-electron chi connectivity index (χ3n) is 10.6. The van der Waals surface area contributed by atoms with Gasteiger partial charge in [-0.1, -0.05) is 159 Å². The highest BCUT2D eigenvalue weighted by atomic mass is 15.1. The third kappa shape index (κ3) is 6.47. The van der Waals surface area contributed by atoms with Gasteiger partial charge in [0.05, 0.1) is 0 Å². The standard InChI is InChI=1S/C52H41N/c1-2-3-13-37-24-25-43-33-42(27-26-41(43)32-37)39-28-30-46(31-29-39)53(47-19-11-17-40(34-47)38-14-5-4-6-15-38)48-20-12-18-44(35-48)52-36-45-16-7-8-21-49(45)50-22-9-10-23-51(50)52/h4-12,14-36H,2-3,13H2,1H3. The van der Waals surface area contributed by atoms with Crippen molar-refractivity contribution >= 4 is 49.4 Å². The molecular formula is C52H41N. The summed E-state index contributed by atoms with van der Waals surface area (Å²) in [6.45, 7) is 2.25. The van der Waals surface area contributed by atoms with Gasteiger partial charge < -0.3 is 4.90 Å². The monoisotopic (exact) mass is 679 g/mol. The first-order chi connectivity index (χ1) is 26.2. The summed E-state index contributed by atoms with van der Waals surface area (Å²) in [4.78, 5) is 2.39. The number of rotatable bonds is 9. The Bertz CT molecular complexity index is 2710. The zero-order chi connectivity index (χ0) is 35.6. The van der Waals surface area contributed by atoms with Crippen molar-refractivity contribution in [2.24, 2.45) is 0 Å². The number of aryl methyl sites for hydroxylation is 1. The van der Waals surface area contributed by atoms with Crippen LogP contribution in [0.4, 0.5) is 17.1 Å². The fraction of sp³-hybridized carbons (Fsp3) is 0.0769. The van der Waals surface area contributed by atoms with Crippen LogP contribution in [0.15, 0.2) is 194 Å². The molecule has 53 heavy (non-hydrogen) atoms. The van der Waals surface area contributed by atoms with Crippen LogP contribution in [0.25, 0.3) is 65.7 Å². The maximum atomic E-state index is 2.39. The molecular weight excluding hydrogens is 639 g/mol. The number of unbranched alkanes of at least 4 members (excludes halogenated alkanes) is 1. The number of hydrogen-bond acceptors (Lipinski definition) is 1. The van der Waals surface area contributed by atoms with E-state index in [1.165, 1.54) is 84.1 Å². The largest absolute Gasteiger partial charge is 0.310 e. The van der Waals surface area contributed by atoms with Crippen molar-refractivity contribution in [2.45, 2.75) is 26.2 Å². The van der Waals surface area contributed by atoms with Crippen LogP contribution in [0.1, 0.15) is 25.3 Å². The van der Waals surface area contributed by atoms with E-state index in [1.54, 1.807) is 0 Å². The highest BCUT2D eigenvalue weighted by Crippen LogP contribution is 2.41. The zero-order valence-electron chi connectivity index (χ0n) is 30.0. The lowest BCUT2D eigenvalue weighted by atomic mass is 9.93. The summed E-state index contributed by atoms with van der Waals surface area (Å²) in [5, 5.41) is 7.66. The van der Waals surface area contributed by atoms with Gasteiger partial charge in [0.15, 0.2) is 0 Å². The quantitative estimate of drug-likeness (QED) is 0.137. The normalized spacial score (nSPS) is 11.3. The van der Waals surface area contributed by atoms with Gasteiger partial charge in [-0.2, -0.15) is 0 Å². The highest BCUT2D eigenvalue weighted by Gasteiger charge is 2.16. The van der Waals surface area contributed by atoms with Gasteiger partial charge in [-0.25, -0.2) is 0 Å². The van der Waals surface area contributed by atoms with Gasteiger partial charge in [-0.05, 0) is 133 Å². The van der Waals surface area contributed by atoms with Crippen LogP contribution in [0.5, 0.6) is 0 Å². The van der Waals surface area contributed by atoms with Crippen molar-refractivity contribution in [3.8, 4) is 33.4 Å². The molecule has 254 valence electrons. The Hall–Kier alpha value is -6.44. The summed E-state index contributed by atoms with van der Waals surface area (Å²) >= 11 is 0. The van der Waals surface area contributed by atoms with E-state index in [-0.39, 0.29) is 0 Å². The summed E-state index contributed by atoms with van der Waals surface area (Å²) in [6.07, 6.45) is 3.59. The molecule has 0 bridgehead atoms. The average molecular weight is 680 g/mol. The first kappa shape index (κ1) is 32.5. The fourth-order valence-corrected chi connectivity index (χ4v) is 7.82. The van der Waals surface area contributed by atoms with Gasteiger partial charge in [-0.15, -0.1) is 0 Å². The van der Waals surface area contributed by atoms with Crippen LogP contribution in [0.2, 0.25) is 0 Å². The Morgan fingerprint density at radius 2 is 0.943 bits per heavy atom. The van der Waals surface area contributed by atoms with Crippen LogP contribution in [0.3, 0.4) is 0 Å². The molecule has 0 unspecified atom stereocenters. The second kappa shape index (κ2) is 14.3. The van der Waals surface area contributed by atoms with Crippen LogP contribution >= 0.6 is 0 Å². The van der Waals surface area contributed by atoms with Crippen molar-refractivity contribution in [3.05, 3.63) is 200 Å². The van der Waals surface area contributed by atoms with Crippen LogP contribution in [-0.4, -0.2) is 0 Å². The predicted octanol–water partition coefficient (Wildman–Crippen LogP) is 15.0. The molecule has 9 aromatic rings. The van der Waals surface area contributed by atoms with Crippen molar-refractivity contribution < 1.29 is 0 Å². The molecule has 0 amide bonds. The van der Waals surface area contributed by atoms with Crippen LogP contribution in [-0.2, 0) is 6.42 Å². The molecule has 0 N–H and O–H groups in total. The first-order valence-electron chi connectivity index (χ1n) is 18.8. The number of hydrogen-bond donors (Lipinski definition) is 0. The van der Waals surface area contributed by atoms with E-state index in [0.29, 0.717) is 0 Å².